The lowest BCUT2D eigenvalue weighted by Crippen LogP contribution is -2.63. The van der Waals surface area contributed by atoms with Crippen LogP contribution in [-0.4, -0.2) is 78.4 Å². The highest BCUT2D eigenvalue weighted by molar-refractivity contribution is 5.97. The van der Waals surface area contributed by atoms with Gasteiger partial charge in [-0.1, -0.05) is 0 Å². The van der Waals surface area contributed by atoms with Gasteiger partial charge in [-0.3, -0.25) is 4.79 Å². The monoisotopic (exact) mass is 555 g/mol. The van der Waals surface area contributed by atoms with Gasteiger partial charge < -0.3 is 29.7 Å². The predicted molar refractivity (Wildman–Crippen MR) is 151 cm³/mol. The quantitative estimate of drug-likeness (QED) is 0.426. The molecule has 4 heterocycles. The number of fused-ring (bicyclic) bond motifs is 2. The lowest BCUT2D eigenvalue weighted by molar-refractivity contribution is -0.000622. The van der Waals surface area contributed by atoms with Crippen LogP contribution in [0.25, 0.3) is 11.3 Å². The molecule has 2 bridgehead atoms. The first-order valence-electron chi connectivity index (χ1n) is 13.9. The molecule has 0 radical (unpaired) electrons. The third-order valence-corrected chi connectivity index (χ3v) is 8.06. The molecule has 2 aromatic heterocycles. The lowest BCUT2D eigenvalue weighted by Gasteiger charge is -2.52. The number of benzene rings is 1. The number of nitrogens with zero attached hydrogens (tertiary/aromatic N) is 5. The summed E-state index contributed by atoms with van der Waals surface area (Å²) in [6, 6.07) is 13.1. The molecule has 0 spiro atoms. The number of piperidine rings is 2. The number of rotatable bonds is 8. The highest BCUT2D eigenvalue weighted by atomic mass is 16.5. The minimum absolute atomic E-state index is 0.0402. The molecule has 2 aliphatic heterocycles. The van der Waals surface area contributed by atoms with Gasteiger partial charge in [0.25, 0.3) is 5.91 Å². The molecular formula is C30H33N7O4. The molecule has 3 aliphatic rings. The first kappa shape index (κ1) is 26.9. The summed E-state index contributed by atoms with van der Waals surface area (Å²) in [7, 11) is 3.62. The number of hydrogen-bond donors (Lipinski definition) is 2. The lowest BCUT2D eigenvalue weighted by atomic mass is 9.66. The number of carbonyl (C=O) groups is 1. The van der Waals surface area contributed by atoms with Gasteiger partial charge in [-0.2, -0.15) is 10.2 Å². The van der Waals surface area contributed by atoms with E-state index in [9.17, 15) is 10.1 Å². The molecule has 6 rings (SSSR count). The van der Waals surface area contributed by atoms with Crippen molar-refractivity contribution in [3.8, 4) is 29.0 Å². The molecule has 1 amide bonds. The number of nitriles is 1. The summed E-state index contributed by atoms with van der Waals surface area (Å²) in [5, 5.41) is 16.0. The fourth-order valence-electron chi connectivity index (χ4n) is 5.97. The number of carbonyl (C=O) groups excluding carboxylic acids is 1. The fraction of sp³-hybridized carbons (Fsp3) is 0.433. The maximum atomic E-state index is 13.1. The summed E-state index contributed by atoms with van der Waals surface area (Å²) in [5.74, 6) is 2.35. The van der Waals surface area contributed by atoms with Crippen LogP contribution in [0.15, 0.2) is 42.6 Å². The van der Waals surface area contributed by atoms with Crippen molar-refractivity contribution < 1.29 is 19.0 Å². The first-order chi connectivity index (χ1) is 20.0. The van der Waals surface area contributed by atoms with E-state index in [4.69, 9.17) is 14.2 Å². The van der Waals surface area contributed by atoms with Gasteiger partial charge in [0.05, 0.1) is 31.6 Å². The number of aromatic nitrogens is 3. The molecule has 1 unspecified atom stereocenters. The van der Waals surface area contributed by atoms with Gasteiger partial charge in [0.15, 0.2) is 0 Å². The number of likely N-dealkylation sites (tertiary alicyclic amines) is 1. The van der Waals surface area contributed by atoms with Crippen LogP contribution in [0.5, 0.6) is 11.6 Å². The van der Waals surface area contributed by atoms with E-state index in [2.05, 4.69) is 43.6 Å². The van der Waals surface area contributed by atoms with Gasteiger partial charge in [0.2, 0.25) is 11.8 Å². The zero-order chi connectivity index (χ0) is 28.3. The Bertz CT molecular complexity index is 1460. The van der Waals surface area contributed by atoms with Crippen molar-refractivity contribution in [1.29, 1.82) is 5.26 Å². The molecule has 212 valence electrons. The molecule has 2 N–H and O–H groups in total. The SMILES string of the molecule is COc1nc(Nc2nccc(-c3ccc(OC4CCOCC4)c(C#N)c3)n2)ccc1C(=O)NC1[C@@H]2C[C@H]1CN(C)C2. The fourth-order valence-corrected chi connectivity index (χ4v) is 5.97. The van der Waals surface area contributed by atoms with Crippen LogP contribution in [0.3, 0.4) is 0 Å². The highest BCUT2D eigenvalue weighted by Crippen LogP contribution is 2.39. The number of anilines is 2. The molecule has 1 aliphatic carbocycles. The molecule has 2 saturated heterocycles. The van der Waals surface area contributed by atoms with E-state index in [0.717, 1.165) is 31.5 Å². The molecule has 11 nitrogen and oxygen atoms in total. The Kier molecular flexibility index (Phi) is 7.67. The molecule has 1 aromatic carbocycles. The second-order valence-electron chi connectivity index (χ2n) is 10.9. The van der Waals surface area contributed by atoms with Crippen LogP contribution in [0.2, 0.25) is 0 Å². The Hall–Kier alpha value is -4.27. The van der Waals surface area contributed by atoms with Gasteiger partial charge in [-0.25, -0.2) is 9.97 Å². The molecule has 11 heteroatoms. The zero-order valence-corrected chi connectivity index (χ0v) is 23.2. The van der Waals surface area contributed by atoms with E-state index in [1.54, 1.807) is 30.5 Å². The molecule has 3 fully saturated rings. The number of methoxy groups -OCH3 is 1. The standard InChI is InChI=1S/C30H33N7O4/c1-37-16-20-14-21(17-37)27(20)36-28(38)23-4-6-26(34-29(23)39-2)35-30-32-10-7-24(33-30)18-3-5-25(19(13-18)15-31)41-22-8-11-40-12-9-22/h3-7,10,13,20-22,27H,8-9,11-12,14,16-17H2,1-2H3,(H,36,38)(H,32,33,34,35)/t20-,21+,27?. The number of ether oxygens (including phenoxy) is 3. The second kappa shape index (κ2) is 11.7. The maximum Gasteiger partial charge on any atom is 0.257 e. The topological polar surface area (TPSA) is 135 Å². The molecule has 1 saturated carbocycles. The predicted octanol–water partition coefficient (Wildman–Crippen LogP) is 3.40. The Morgan fingerprint density at radius 3 is 2.68 bits per heavy atom. The van der Waals surface area contributed by atoms with E-state index in [-0.39, 0.29) is 23.9 Å². The number of pyridine rings is 1. The van der Waals surface area contributed by atoms with Crippen molar-refractivity contribution in [1.82, 2.24) is 25.2 Å². The van der Waals surface area contributed by atoms with Crippen LogP contribution in [0, 0.1) is 23.2 Å². The van der Waals surface area contributed by atoms with Crippen LogP contribution in [0.4, 0.5) is 11.8 Å². The molecule has 41 heavy (non-hydrogen) atoms. The summed E-state index contributed by atoms with van der Waals surface area (Å²) < 4.78 is 16.9. The highest BCUT2D eigenvalue weighted by Gasteiger charge is 2.46. The van der Waals surface area contributed by atoms with E-state index in [1.807, 2.05) is 12.1 Å². The van der Waals surface area contributed by atoms with Crippen LogP contribution in [-0.2, 0) is 4.74 Å². The average molecular weight is 556 g/mol. The van der Waals surface area contributed by atoms with E-state index >= 15 is 0 Å². The number of amides is 1. The Labute approximate surface area is 238 Å². The molecular weight excluding hydrogens is 522 g/mol. The third-order valence-electron chi connectivity index (χ3n) is 8.06. The number of hydrogen-bond acceptors (Lipinski definition) is 10. The number of nitrogens with one attached hydrogen (secondary N) is 2. The zero-order valence-electron chi connectivity index (χ0n) is 23.2. The van der Waals surface area contributed by atoms with E-state index < -0.39 is 0 Å². The first-order valence-corrected chi connectivity index (χ1v) is 13.9. The normalized spacial score (nSPS) is 22.2. The van der Waals surface area contributed by atoms with Crippen molar-refractivity contribution in [2.45, 2.75) is 31.4 Å². The van der Waals surface area contributed by atoms with Crippen molar-refractivity contribution in [3.63, 3.8) is 0 Å². The van der Waals surface area contributed by atoms with E-state index in [1.165, 1.54) is 13.5 Å². The summed E-state index contributed by atoms with van der Waals surface area (Å²) in [6.45, 7) is 3.34. The van der Waals surface area contributed by atoms with Crippen LogP contribution < -0.4 is 20.1 Å². The van der Waals surface area contributed by atoms with Crippen molar-refractivity contribution in [3.05, 3.63) is 53.7 Å². The van der Waals surface area contributed by atoms with Gasteiger partial charge in [0, 0.05) is 43.7 Å². The Morgan fingerprint density at radius 1 is 1.12 bits per heavy atom. The molecule has 3 aromatic rings. The van der Waals surface area contributed by atoms with E-state index in [0.29, 0.717) is 59.4 Å². The second-order valence-corrected chi connectivity index (χ2v) is 10.9. The Morgan fingerprint density at radius 2 is 1.93 bits per heavy atom. The van der Waals surface area contributed by atoms with Gasteiger partial charge in [-0.15, -0.1) is 0 Å². The smallest absolute Gasteiger partial charge is 0.257 e. The van der Waals surface area contributed by atoms with Crippen LogP contribution >= 0.6 is 0 Å². The largest absolute Gasteiger partial charge is 0.489 e. The van der Waals surface area contributed by atoms with Crippen molar-refractivity contribution in [2.75, 3.05) is 45.8 Å². The van der Waals surface area contributed by atoms with Crippen molar-refractivity contribution >= 4 is 17.7 Å². The van der Waals surface area contributed by atoms with Crippen LogP contribution in [0.1, 0.15) is 35.2 Å². The minimum atomic E-state index is -0.180. The third kappa shape index (κ3) is 5.80. The van der Waals surface area contributed by atoms with Gasteiger partial charge in [0.1, 0.15) is 29.3 Å². The van der Waals surface area contributed by atoms with Crippen molar-refractivity contribution in [2.24, 2.45) is 11.8 Å². The Balaban J connectivity index is 1.14. The summed E-state index contributed by atoms with van der Waals surface area (Å²) in [6.07, 6.45) is 4.45. The van der Waals surface area contributed by atoms with Gasteiger partial charge >= 0.3 is 0 Å². The van der Waals surface area contributed by atoms with Gasteiger partial charge in [-0.05, 0) is 61.7 Å². The maximum absolute atomic E-state index is 13.1. The summed E-state index contributed by atoms with van der Waals surface area (Å²) in [5.41, 5.74) is 2.23. The average Bonchev–Trinajstić information content (AvgIpc) is 3.00. The summed E-state index contributed by atoms with van der Waals surface area (Å²) in [4.78, 5) is 28.8. The minimum Gasteiger partial charge on any atom is -0.489 e. The molecule has 3 atom stereocenters. The summed E-state index contributed by atoms with van der Waals surface area (Å²) >= 11 is 0.